The average molecular weight is 247 g/mol. The van der Waals surface area contributed by atoms with E-state index in [-0.39, 0.29) is 5.91 Å². The molecule has 1 aliphatic rings. The highest BCUT2D eigenvalue weighted by Crippen LogP contribution is 2.24. The molecule has 4 heteroatoms. The third-order valence-electron chi connectivity index (χ3n) is 3.58. The summed E-state index contributed by atoms with van der Waals surface area (Å²) in [4.78, 5) is 14.2. The van der Waals surface area contributed by atoms with Gasteiger partial charge in [0, 0.05) is 24.5 Å². The minimum absolute atomic E-state index is 0.0334. The van der Waals surface area contributed by atoms with E-state index in [1.54, 1.807) is 18.2 Å². The topological polar surface area (TPSA) is 72.3 Å². The van der Waals surface area contributed by atoms with Gasteiger partial charge in [0.25, 0.3) is 5.91 Å². The van der Waals surface area contributed by atoms with Crippen molar-refractivity contribution in [3.05, 3.63) is 23.8 Å². The molecule has 4 nitrogen and oxygen atoms in total. The molecule has 1 saturated heterocycles. The summed E-state index contributed by atoms with van der Waals surface area (Å²) in [5.41, 5.74) is 13.1. The zero-order valence-corrected chi connectivity index (χ0v) is 10.9. The number of carbonyl (C=O) groups excluding carboxylic acids is 1. The Morgan fingerprint density at radius 1 is 1.44 bits per heavy atom. The van der Waals surface area contributed by atoms with Crippen LogP contribution in [0.2, 0.25) is 0 Å². The molecule has 4 N–H and O–H groups in total. The third kappa shape index (κ3) is 2.58. The van der Waals surface area contributed by atoms with Crippen LogP contribution in [-0.4, -0.2) is 23.9 Å². The molecule has 1 aromatic rings. The third-order valence-corrected chi connectivity index (χ3v) is 3.58. The standard InChI is InChI=1S/C14H21N3O/c1-2-3-10-6-7-17(9-10)14(18)12-5-4-11(15)8-13(12)16/h4-5,8,10H,2-3,6-7,9,15-16H2,1H3. The van der Waals surface area contributed by atoms with E-state index >= 15 is 0 Å². The van der Waals surface area contributed by atoms with Gasteiger partial charge in [0.2, 0.25) is 0 Å². The number of benzene rings is 1. The molecule has 1 heterocycles. The van der Waals surface area contributed by atoms with E-state index in [9.17, 15) is 4.79 Å². The summed E-state index contributed by atoms with van der Waals surface area (Å²) in [5.74, 6) is 0.681. The lowest BCUT2D eigenvalue weighted by Gasteiger charge is -2.17. The quantitative estimate of drug-likeness (QED) is 0.803. The van der Waals surface area contributed by atoms with Gasteiger partial charge in [0.1, 0.15) is 0 Å². The minimum atomic E-state index is 0.0334. The lowest BCUT2D eigenvalue weighted by Crippen LogP contribution is -2.29. The SMILES string of the molecule is CCCC1CCN(C(=O)c2ccc(N)cc2N)C1. The Morgan fingerprint density at radius 3 is 2.89 bits per heavy atom. The molecule has 0 aromatic heterocycles. The summed E-state index contributed by atoms with van der Waals surface area (Å²) in [5, 5.41) is 0. The number of hydrogen-bond acceptors (Lipinski definition) is 3. The fourth-order valence-electron chi connectivity index (χ4n) is 2.61. The van der Waals surface area contributed by atoms with Gasteiger partial charge in [-0.25, -0.2) is 0 Å². The number of likely N-dealkylation sites (tertiary alicyclic amines) is 1. The number of amides is 1. The maximum atomic E-state index is 12.3. The van der Waals surface area contributed by atoms with Crippen molar-refractivity contribution in [2.45, 2.75) is 26.2 Å². The summed E-state index contributed by atoms with van der Waals surface area (Å²) >= 11 is 0. The highest BCUT2D eigenvalue weighted by Gasteiger charge is 2.27. The Morgan fingerprint density at radius 2 is 2.22 bits per heavy atom. The van der Waals surface area contributed by atoms with Gasteiger partial charge in [-0.2, -0.15) is 0 Å². The summed E-state index contributed by atoms with van der Waals surface area (Å²) < 4.78 is 0. The van der Waals surface area contributed by atoms with Crippen molar-refractivity contribution in [1.82, 2.24) is 4.90 Å². The Labute approximate surface area is 108 Å². The van der Waals surface area contributed by atoms with E-state index < -0.39 is 0 Å². The van der Waals surface area contributed by atoms with Crippen LogP contribution < -0.4 is 11.5 Å². The zero-order valence-electron chi connectivity index (χ0n) is 10.9. The van der Waals surface area contributed by atoms with Crippen molar-refractivity contribution in [2.75, 3.05) is 24.6 Å². The van der Waals surface area contributed by atoms with E-state index in [1.165, 1.54) is 12.8 Å². The molecular weight excluding hydrogens is 226 g/mol. The molecule has 98 valence electrons. The molecule has 0 radical (unpaired) electrons. The molecule has 1 aliphatic heterocycles. The Hall–Kier alpha value is -1.71. The van der Waals surface area contributed by atoms with Gasteiger partial charge in [-0.1, -0.05) is 13.3 Å². The maximum Gasteiger partial charge on any atom is 0.255 e. The molecule has 1 fully saturated rings. The van der Waals surface area contributed by atoms with Crippen LogP contribution in [0.5, 0.6) is 0 Å². The average Bonchev–Trinajstić information content (AvgIpc) is 2.77. The number of nitrogen functional groups attached to an aromatic ring is 2. The second-order valence-corrected chi connectivity index (χ2v) is 5.04. The molecule has 18 heavy (non-hydrogen) atoms. The molecule has 0 bridgehead atoms. The first-order chi connectivity index (χ1) is 8.61. The van der Waals surface area contributed by atoms with Crippen LogP contribution in [0.25, 0.3) is 0 Å². The highest BCUT2D eigenvalue weighted by molar-refractivity contribution is 5.99. The molecule has 0 spiro atoms. The molecular formula is C14H21N3O. The first-order valence-corrected chi connectivity index (χ1v) is 6.56. The van der Waals surface area contributed by atoms with E-state index in [4.69, 9.17) is 11.5 Å². The first-order valence-electron chi connectivity index (χ1n) is 6.56. The Bertz CT molecular complexity index is 445. The van der Waals surface area contributed by atoms with Crippen LogP contribution in [0, 0.1) is 5.92 Å². The second-order valence-electron chi connectivity index (χ2n) is 5.04. The summed E-state index contributed by atoms with van der Waals surface area (Å²) in [6.45, 7) is 3.88. The van der Waals surface area contributed by atoms with Crippen LogP contribution >= 0.6 is 0 Å². The van der Waals surface area contributed by atoms with Gasteiger partial charge in [-0.15, -0.1) is 0 Å². The first kappa shape index (κ1) is 12.7. The molecule has 1 atom stereocenters. The summed E-state index contributed by atoms with van der Waals surface area (Å²) in [6, 6.07) is 5.09. The smallest absolute Gasteiger partial charge is 0.255 e. The summed E-state index contributed by atoms with van der Waals surface area (Å²) in [7, 11) is 0. The number of anilines is 2. The van der Waals surface area contributed by atoms with E-state index in [0.29, 0.717) is 22.9 Å². The summed E-state index contributed by atoms with van der Waals surface area (Å²) in [6.07, 6.45) is 3.48. The van der Waals surface area contributed by atoms with Crippen molar-refractivity contribution in [1.29, 1.82) is 0 Å². The van der Waals surface area contributed by atoms with Gasteiger partial charge in [0.15, 0.2) is 0 Å². The van der Waals surface area contributed by atoms with Crippen molar-refractivity contribution in [3.63, 3.8) is 0 Å². The number of hydrogen-bond donors (Lipinski definition) is 2. The molecule has 1 aromatic carbocycles. The van der Waals surface area contributed by atoms with Gasteiger partial charge in [-0.3, -0.25) is 4.79 Å². The lowest BCUT2D eigenvalue weighted by atomic mass is 10.0. The van der Waals surface area contributed by atoms with Crippen LogP contribution in [0.15, 0.2) is 18.2 Å². The van der Waals surface area contributed by atoms with Gasteiger partial charge >= 0.3 is 0 Å². The van der Waals surface area contributed by atoms with Crippen LogP contribution in [0.1, 0.15) is 36.5 Å². The van der Waals surface area contributed by atoms with Crippen LogP contribution in [0.3, 0.4) is 0 Å². The van der Waals surface area contributed by atoms with Crippen molar-refractivity contribution < 1.29 is 4.79 Å². The fourth-order valence-corrected chi connectivity index (χ4v) is 2.61. The number of rotatable bonds is 3. The van der Waals surface area contributed by atoms with Crippen molar-refractivity contribution in [2.24, 2.45) is 5.92 Å². The highest BCUT2D eigenvalue weighted by atomic mass is 16.2. The minimum Gasteiger partial charge on any atom is -0.399 e. The fraction of sp³-hybridized carbons (Fsp3) is 0.500. The number of carbonyl (C=O) groups is 1. The molecule has 1 unspecified atom stereocenters. The maximum absolute atomic E-state index is 12.3. The lowest BCUT2D eigenvalue weighted by molar-refractivity contribution is 0.0787. The van der Waals surface area contributed by atoms with E-state index in [1.807, 2.05) is 4.90 Å². The molecule has 1 amide bonds. The predicted molar refractivity (Wildman–Crippen MR) is 74.2 cm³/mol. The molecule has 2 rings (SSSR count). The monoisotopic (exact) mass is 247 g/mol. The number of nitrogens with two attached hydrogens (primary N) is 2. The van der Waals surface area contributed by atoms with Crippen LogP contribution in [-0.2, 0) is 0 Å². The Kier molecular flexibility index (Phi) is 3.75. The number of nitrogens with zero attached hydrogens (tertiary/aromatic N) is 1. The zero-order chi connectivity index (χ0) is 13.1. The molecule has 0 aliphatic carbocycles. The second kappa shape index (κ2) is 5.29. The van der Waals surface area contributed by atoms with E-state index in [2.05, 4.69) is 6.92 Å². The van der Waals surface area contributed by atoms with Gasteiger partial charge in [-0.05, 0) is 37.0 Å². The van der Waals surface area contributed by atoms with E-state index in [0.717, 1.165) is 19.5 Å². The van der Waals surface area contributed by atoms with Crippen molar-refractivity contribution in [3.8, 4) is 0 Å². The molecule has 0 saturated carbocycles. The Balaban J connectivity index is 2.08. The van der Waals surface area contributed by atoms with Gasteiger partial charge < -0.3 is 16.4 Å². The van der Waals surface area contributed by atoms with Crippen molar-refractivity contribution >= 4 is 17.3 Å². The normalized spacial score (nSPS) is 19.2. The van der Waals surface area contributed by atoms with Crippen LogP contribution in [0.4, 0.5) is 11.4 Å². The predicted octanol–water partition coefficient (Wildman–Crippen LogP) is 2.11. The largest absolute Gasteiger partial charge is 0.399 e. The van der Waals surface area contributed by atoms with Gasteiger partial charge in [0.05, 0.1) is 5.56 Å².